The standard InChI is InChI=1S/C12H21BO4/c1-4-7-16-11-10(15-6-3)9(8-14-5-2)17-12(11)13/h1,9-12H,5-8,13H2,2-3H3/t9-,10?,11?,12-/m1/s1. The van der Waals surface area contributed by atoms with E-state index < -0.39 is 0 Å². The average molecular weight is 240 g/mol. The molecule has 17 heavy (non-hydrogen) atoms. The summed E-state index contributed by atoms with van der Waals surface area (Å²) in [5.41, 5.74) is 0. The summed E-state index contributed by atoms with van der Waals surface area (Å²) in [6, 6.07) is -0.0228. The Morgan fingerprint density at radius 2 is 2.00 bits per heavy atom. The molecular formula is C12H21BO4. The van der Waals surface area contributed by atoms with Gasteiger partial charge in [0.25, 0.3) is 0 Å². The highest BCUT2D eigenvalue weighted by molar-refractivity contribution is 6.11. The Morgan fingerprint density at radius 1 is 1.24 bits per heavy atom. The average Bonchev–Trinajstić information content (AvgIpc) is 2.61. The van der Waals surface area contributed by atoms with E-state index in [2.05, 4.69) is 5.92 Å². The molecule has 0 N–H and O–H groups in total. The molecule has 0 saturated carbocycles. The Balaban J connectivity index is 2.58. The van der Waals surface area contributed by atoms with Crippen molar-refractivity contribution in [2.45, 2.75) is 38.2 Å². The molecule has 0 amide bonds. The van der Waals surface area contributed by atoms with Crippen molar-refractivity contribution in [3.05, 3.63) is 0 Å². The zero-order valence-corrected chi connectivity index (χ0v) is 10.8. The van der Waals surface area contributed by atoms with Crippen molar-refractivity contribution in [2.24, 2.45) is 0 Å². The first-order chi connectivity index (χ1) is 8.24. The first-order valence-electron chi connectivity index (χ1n) is 6.14. The van der Waals surface area contributed by atoms with Crippen molar-refractivity contribution in [3.63, 3.8) is 0 Å². The predicted molar refractivity (Wildman–Crippen MR) is 67.7 cm³/mol. The van der Waals surface area contributed by atoms with Gasteiger partial charge >= 0.3 is 0 Å². The Morgan fingerprint density at radius 3 is 2.59 bits per heavy atom. The van der Waals surface area contributed by atoms with Crippen molar-refractivity contribution >= 4 is 7.85 Å². The molecule has 1 heterocycles. The molecule has 4 atom stereocenters. The topological polar surface area (TPSA) is 36.9 Å². The van der Waals surface area contributed by atoms with Crippen LogP contribution in [0.4, 0.5) is 0 Å². The molecule has 2 unspecified atom stereocenters. The molecule has 0 aromatic carbocycles. The van der Waals surface area contributed by atoms with Crippen LogP contribution in [0.15, 0.2) is 0 Å². The molecule has 0 bridgehead atoms. The van der Waals surface area contributed by atoms with Crippen LogP contribution in [-0.2, 0) is 18.9 Å². The normalized spacial score (nSPS) is 32.5. The van der Waals surface area contributed by atoms with Gasteiger partial charge in [-0.1, -0.05) is 5.92 Å². The summed E-state index contributed by atoms with van der Waals surface area (Å²) < 4.78 is 22.5. The maximum atomic E-state index is 5.79. The molecule has 0 aromatic heterocycles. The molecule has 4 nitrogen and oxygen atoms in total. The van der Waals surface area contributed by atoms with Crippen molar-refractivity contribution in [1.29, 1.82) is 0 Å². The maximum absolute atomic E-state index is 5.79. The van der Waals surface area contributed by atoms with Gasteiger partial charge in [0, 0.05) is 13.2 Å². The number of ether oxygens (including phenoxy) is 4. The Bertz CT molecular complexity index is 253. The lowest BCUT2D eigenvalue weighted by Crippen LogP contribution is -2.39. The van der Waals surface area contributed by atoms with E-state index in [0.717, 1.165) is 0 Å². The van der Waals surface area contributed by atoms with E-state index in [1.54, 1.807) is 0 Å². The third-order valence-electron chi connectivity index (χ3n) is 2.75. The van der Waals surface area contributed by atoms with Crippen molar-refractivity contribution in [3.8, 4) is 12.3 Å². The minimum absolute atomic E-state index is 0.0228. The molecule has 5 heteroatoms. The summed E-state index contributed by atoms with van der Waals surface area (Å²) in [6.45, 7) is 6.02. The fourth-order valence-corrected chi connectivity index (χ4v) is 2.05. The smallest absolute Gasteiger partial charge is 0.142 e. The zero-order valence-electron chi connectivity index (χ0n) is 10.8. The summed E-state index contributed by atoms with van der Waals surface area (Å²) in [5.74, 6) is 2.47. The lowest BCUT2D eigenvalue weighted by atomic mass is 9.92. The fourth-order valence-electron chi connectivity index (χ4n) is 2.05. The van der Waals surface area contributed by atoms with E-state index in [-0.39, 0.29) is 30.9 Å². The largest absolute Gasteiger partial charge is 0.379 e. The second kappa shape index (κ2) is 7.73. The van der Waals surface area contributed by atoms with Crippen molar-refractivity contribution in [1.82, 2.24) is 0 Å². The molecule has 0 aromatic rings. The van der Waals surface area contributed by atoms with Gasteiger partial charge in [0.15, 0.2) is 0 Å². The molecule has 1 fully saturated rings. The summed E-state index contributed by atoms with van der Waals surface area (Å²) >= 11 is 0. The monoisotopic (exact) mass is 240 g/mol. The number of hydrogen-bond acceptors (Lipinski definition) is 4. The molecule has 0 radical (unpaired) electrons. The summed E-state index contributed by atoms with van der Waals surface area (Å²) in [5, 5.41) is 0. The second-order valence-electron chi connectivity index (χ2n) is 3.94. The number of hydrogen-bond donors (Lipinski definition) is 0. The lowest BCUT2D eigenvalue weighted by molar-refractivity contribution is -0.0701. The van der Waals surface area contributed by atoms with Crippen molar-refractivity contribution in [2.75, 3.05) is 26.4 Å². The summed E-state index contributed by atoms with van der Waals surface area (Å²) in [7, 11) is 1.97. The fraction of sp³-hybridized carbons (Fsp3) is 0.833. The third kappa shape index (κ3) is 4.00. The van der Waals surface area contributed by atoms with Gasteiger partial charge in [0.2, 0.25) is 0 Å². The minimum Gasteiger partial charge on any atom is -0.379 e. The van der Waals surface area contributed by atoms with Gasteiger partial charge in [-0.05, 0) is 13.8 Å². The zero-order chi connectivity index (χ0) is 12.7. The van der Waals surface area contributed by atoms with E-state index in [1.165, 1.54) is 0 Å². The number of terminal acetylenes is 1. The van der Waals surface area contributed by atoms with E-state index in [9.17, 15) is 0 Å². The van der Waals surface area contributed by atoms with E-state index in [0.29, 0.717) is 19.8 Å². The quantitative estimate of drug-likeness (QED) is 0.456. The van der Waals surface area contributed by atoms with Crippen LogP contribution >= 0.6 is 0 Å². The maximum Gasteiger partial charge on any atom is 0.142 e. The Labute approximate surface area is 104 Å². The van der Waals surface area contributed by atoms with Crippen LogP contribution in [0.3, 0.4) is 0 Å². The van der Waals surface area contributed by atoms with Crippen LogP contribution in [0.25, 0.3) is 0 Å². The van der Waals surface area contributed by atoms with Crippen LogP contribution in [0.5, 0.6) is 0 Å². The predicted octanol–water partition coefficient (Wildman–Crippen LogP) is -0.196. The van der Waals surface area contributed by atoms with Crippen LogP contribution in [0.2, 0.25) is 0 Å². The van der Waals surface area contributed by atoms with E-state index >= 15 is 0 Å². The van der Waals surface area contributed by atoms with Gasteiger partial charge in [0.1, 0.15) is 32.8 Å². The number of rotatable bonds is 7. The highest BCUT2D eigenvalue weighted by Crippen LogP contribution is 2.25. The highest BCUT2D eigenvalue weighted by atomic mass is 16.6. The molecule has 0 aliphatic carbocycles. The third-order valence-corrected chi connectivity index (χ3v) is 2.75. The van der Waals surface area contributed by atoms with Crippen LogP contribution in [-0.4, -0.2) is 58.6 Å². The molecule has 0 spiro atoms. The van der Waals surface area contributed by atoms with Gasteiger partial charge in [-0.3, -0.25) is 0 Å². The van der Waals surface area contributed by atoms with E-state index in [4.69, 9.17) is 25.4 Å². The van der Waals surface area contributed by atoms with Crippen LogP contribution < -0.4 is 0 Å². The van der Waals surface area contributed by atoms with Crippen LogP contribution in [0.1, 0.15) is 13.8 Å². The van der Waals surface area contributed by atoms with Gasteiger partial charge in [-0.25, -0.2) is 0 Å². The van der Waals surface area contributed by atoms with Crippen molar-refractivity contribution < 1.29 is 18.9 Å². The molecule has 1 saturated heterocycles. The lowest BCUT2D eigenvalue weighted by Gasteiger charge is -2.23. The van der Waals surface area contributed by atoms with Crippen LogP contribution in [0, 0.1) is 12.3 Å². The molecule has 1 aliphatic heterocycles. The molecular weight excluding hydrogens is 219 g/mol. The van der Waals surface area contributed by atoms with Gasteiger partial charge < -0.3 is 18.9 Å². The van der Waals surface area contributed by atoms with Gasteiger partial charge in [0.05, 0.1) is 12.6 Å². The summed E-state index contributed by atoms with van der Waals surface area (Å²) in [6.07, 6.45) is 4.91. The van der Waals surface area contributed by atoms with Gasteiger partial charge in [-0.2, -0.15) is 0 Å². The Kier molecular flexibility index (Phi) is 6.60. The SMILES string of the molecule is B[C@@H]1O[C@H](COCC)C(OCC)C1OCC#C. The Hall–Kier alpha value is -0.535. The highest BCUT2D eigenvalue weighted by Gasteiger charge is 2.43. The molecule has 96 valence electrons. The first-order valence-corrected chi connectivity index (χ1v) is 6.14. The van der Waals surface area contributed by atoms with Gasteiger partial charge in [-0.15, -0.1) is 6.42 Å². The first kappa shape index (κ1) is 14.5. The molecule has 1 aliphatic rings. The van der Waals surface area contributed by atoms with E-state index in [1.807, 2.05) is 21.7 Å². The minimum atomic E-state index is -0.114. The molecule has 1 rings (SSSR count). The second-order valence-corrected chi connectivity index (χ2v) is 3.94. The summed E-state index contributed by atoms with van der Waals surface area (Å²) in [4.78, 5) is 0.